The van der Waals surface area contributed by atoms with Gasteiger partial charge in [-0.1, -0.05) is 29.8 Å². The predicted octanol–water partition coefficient (Wildman–Crippen LogP) is 2.17. The summed E-state index contributed by atoms with van der Waals surface area (Å²) in [6, 6.07) is 5.27. The summed E-state index contributed by atoms with van der Waals surface area (Å²) in [6.45, 7) is 4.47. The van der Waals surface area contributed by atoms with Crippen LogP contribution in [-0.4, -0.2) is 25.6 Å². The lowest BCUT2D eigenvalue weighted by Gasteiger charge is -2.21. The van der Waals surface area contributed by atoms with Gasteiger partial charge in [0.05, 0.1) is 12.7 Å². The van der Waals surface area contributed by atoms with Gasteiger partial charge in [0.1, 0.15) is 5.75 Å². The number of amides is 1. The van der Waals surface area contributed by atoms with Crippen LogP contribution in [0.2, 0.25) is 0 Å². The fourth-order valence-electron chi connectivity index (χ4n) is 1.60. The first-order chi connectivity index (χ1) is 8.49. The van der Waals surface area contributed by atoms with E-state index in [1.54, 1.807) is 19.2 Å². The summed E-state index contributed by atoms with van der Waals surface area (Å²) in [7, 11) is 1.54. The first kappa shape index (κ1) is 15.0. The van der Waals surface area contributed by atoms with E-state index in [0.717, 1.165) is 4.47 Å². The lowest BCUT2D eigenvalue weighted by molar-refractivity contribution is 0.0924. The molecule has 0 heterocycles. The molecule has 1 unspecified atom stereocenters. The highest BCUT2D eigenvalue weighted by molar-refractivity contribution is 9.10. The number of ether oxygens (including phenoxy) is 1. The summed E-state index contributed by atoms with van der Waals surface area (Å²) in [4.78, 5) is 12.1. The van der Waals surface area contributed by atoms with Crippen LogP contribution in [0.25, 0.3) is 0 Å². The fourth-order valence-corrected chi connectivity index (χ4v) is 1.94. The van der Waals surface area contributed by atoms with Crippen molar-refractivity contribution < 1.29 is 9.53 Å². The first-order valence-electron chi connectivity index (χ1n) is 5.84. The number of rotatable bonds is 5. The van der Waals surface area contributed by atoms with Gasteiger partial charge in [-0.05, 0) is 24.1 Å². The van der Waals surface area contributed by atoms with Crippen molar-refractivity contribution in [3.8, 4) is 5.75 Å². The van der Waals surface area contributed by atoms with Crippen molar-refractivity contribution in [1.82, 2.24) is 5.32 Å². The zero-order chi connectivity index (χ0) is 13.7. The predicted molar refractivity (Wildman–Crippen MR) is 75.8 cm³/mol. The van der Waals surface area contributed by atoms with E-state index in [-0.39, 0.29) is 11.9 Å². The van der Waals surface area contributed by atoms with Gasteiger partial charge in [-0.2, -0.15) is 0 Å². The van der Waals surface area contributed by atoms with Gasteiger partial charge in [0.2, 0.25) is 0 Å². The molecule has 0 aromatic heterocycles. The lowest BCUT2D eigenvalue weighted by atomic mass is 10.0. The molecule has 3 N–H and O–H groups in total. The Bertz CT molecular complexity index is 421. The Morgan fingerprint density at radius 1 is 1.50 bits per heavy atom. The normalized spacial score (nSPS) is 12.3. The standard InChI is InChI=1S/C13H19BrN2O2/c1-8(2)11(7-15)16-13(17)10-5-4-9(14)6-12(10)18-3/h4-6,8,11H,7,15H2,1-3H3,(H,16,17). The van der Waals surface area contributed by atoms with Crippen molar-refractivity contribution >= 4 is 21.8 Å². The third-order valence-corrected chi connectivity index (χ3v) is 3.28. The number of methoxy groups -OCH3 is 1. The number of carbonyl (C=O) groups is 1. The highest BCUT2D eigenvalue weighted by Gasteiger charge is 2.18. The second-order valence-electron chi connectivity index (χ2n) is 4.40. The van der Waals surface area contributed by atoms with Gasteiger partial charge in [-0.25, -0.2) is 0 Å². The van der Waals surface area contributed by atoms with Gasteiger partial charge in [0, 0.05) is 17.1 Å². The lowest BCUT2D eigenvalue weighted by Crippen LogP contribution is -2.43. The maximum atomic E-state index is 12.1. The van der Waals surface area contributed by atoms with Gasteiger partial charge in [0.15, 0.2) is 0 Å². The van der Waals surface area contributed by atoms with Gasteiger partial charge < -0.3 is 15.8 Å². The molecule has 1 rings (SSSR count). The molecular weight excluding hydrogens is 296 g/mol. The molecule has 0 bridgehead atoms. The largest absolute Gasteiger partial charge is 0.496 e. The Labute approximate surface area is 116 Å². The molecule has 4 nitrogen and oxygen atoms in total. The average molecular weight is 315 g/mol. The molecule has 1 aromatic carbocycles. The molecule has 0 radical (unpaired) electrons. The number of nitrogens with one attached hydrogen (secondary N) is 1. The molecule has 0 spiro atoms. The van der Waals surface area contributed by atoms with Crippen LogP contribution in [0, 0.1) is 5.92 Å². The van der Waals surface area contributed by atoms with Crippen molar-refractivity contribution in [2.45, 2.75) is 19.9 Å². The third-order valence-electron chi connectivity index (χ3n) is 2.78. The number of hydrogen-bond acceptors (Lipinski definition) is 3. The van der Waals surface area contributed by atoms with E-state index in [1.165, 1.54) is 0 Å². The minimum atomic E-state index is -0.163. The molecule has 1 atom stereocenters. The Balaban J connectivity index is 2.90. The molecule has 1 amide bonds. The van der Waals surface area contributed by atoms with Gasteiger partial charge in [0.25, 0.3) is 5.91 Å². The van der Waals surface area contributed by atoms with E-state index in [2.05, 4.69) is 21.2 Å². The van der Waals surface area contributed by atoms with Crippen LogP contribution in [0.3, 0.4) is 0 Å². The van der Waals surface area contributed by atoms with Crippen LogP contribution >= 0.6 is 15.9 Å². The number of halogens is 1. The van der Waals surface area contributed by atoms with E-state index in [9.17, 15) is 4.79 Å². The first-order valence-corrected chi connectivity index (χ1v) is 6.63. The minimum absolute atomic E-state index is 0.0362. The van der Waals surface area contributed by atoms with Gasteiger partial charge >= 0.3 is 0 Å². The number of carbonyl (C=O) groups excluding carboxylic acids is 1. The van der Waals surface area contributed by atoms with Crippen LogP contribution < -0.4 is 15.8 Å². The molecule has 0 aliphatic rings. The highest BCUT2D eigenvalue weighted by Crippen LogP contribution is 2.23. The monoisotopic (exact) mass is 314 g/mol. The summed E-state index contributed by atoms with van der Waals surface area (Å²) < 4.78 is 6.07. The van der Waals surface area contributed by atoms with Crippen LogP contribution in [0.5, 0.6) is 5.75 Å². The molecule has 0 aliphatic heterocycles. The number of benzene rings is 1. The van der Waals surface area contributed by atoms with E-state index in [0.29, 0.717) is 23.8 Å². The number of hydrogen-bond donors (Lipinski definition) is 2. The summed E-state index contributed by atoms with van der Waals surface area (Å²) in [5.41, 5.74) is 6.15. The second kappa shape index (κ2) is 6.75. The molecule has 1 aromatic rings. The van der Waals surface area contributed by atoms with E-state index < -0.39 is 0 Å². The summed E-state index contributed by atoms with van der Waals surface area (Å²) in [6.07, 6.45) is 0. The van der Waals surface area contributed by atoms with Gasteiger partial charge in [-0.15, -0.1) is 0 Å². The quantitative estimate of drug-likeness (QED) is 0.875. The molecule has 0 saturated heterocycles. The van der Waals surface area contributed by atoms with Crippen molar-refractivity contribution in [1.29, 1.82) is 0 Å². The molecule has 100 valence electrons. The molecule has 5 heteroatoms. The van der Waals surface area contributed by atoms with Gasteiger partial charge in [-0.3, -0.25) is 4.79 Å². The van der Waals surface area contributed by atoms with Crippen molar-refractivity contribution in [3.05, 3.63) is 28.2 Å². The van der Waals surface area contributed by atoms with Crippen LogP contribution in [0.4, 0.5) is 0 Å². The Morgan fingerprint density at radius 2 is 2.17 bits per heavy atom. The topological polar surface area (TPSA) is 64.3 Å². The molecule has 0 saturated carbocycles. The summed E-state index contributed by atoms with van der Waals surface area (Å²) in [5, 5.41) is 2.92. The minimum Gasteiger partial charge on any atom is -0.496 e. The Morgan fingerprint density at radius 3 is 2.67 bits per heavy atom. The van der Waals surface area contributed by atoms with Crippen LogP contribution in [0.1, 0.15) is 24.2 Å². The summed E-state index contributed by atoms with van der Waals surface area (Å²) >= 11 is 3.34. The molecule has 0 fully saturated rings. The van der Waals surface area contributed by atoms with E-state index in [1.807, 2.05) is 19.9 Å². The Hall–Kier alpha value is -1.07. The molecule has 0 aliphatic carbocycles. The smallest absolute Gasteiger partial charge is 0.255 e. The van der Waals surface area contributed by atoms with Crippen molar-refractivity contribution in [2.75, 3.05) is 13.7 Å². The Kier molecular flexibility index (Phi) is 5.62. The zero-order valence-corrected chi connectivity index (χ0v) is 12.5. The zero-order valence-electron chi connectivity index (χ0n) is 10.9. The maximum absolute atomic E-state index is 12.1. The fraction of sp³-hybridized carbons (Fsp3) is 0.462. The highest BCUT2D eigenvalue weighted by atomic mass is 79.9. The average Bonchev–Trinajstić information content (AvgIpc) is 2.34. The third kappa shape index (κ3) is 3.71. The second-order valence-corrected chi connectivity index (χ2v) is 5.32. The molecule has 18 heavy (non-hydrogen) atoms. The molecular formula is C13H19BrN2O2. The van der Waals surface area contributed by atoms with Crippen LogP contribution in [0.15, 0.2) is 22.7 Å². The maximum Gasteiger partial charge on any atom is 0.255 e. The van der Waals surface area contributed by atoms with E-state index >= 15 is 0 Å². The SMILES string of the molecule is COc1cc(Br)ccc1C(=O)NC(CN)C(C)C. The van der Waals surface area contributed by atoms with Crippen LogP contribution in [-0.2, 0) is 0 Å². The van der Waals surface area contributed by atoms with E-state index in [4.69, 9.17) is 10.5 Å². The number of nitrogens with two attached hydrogens (primary N) is 1. The van der Waals surface area contributed by atoms with Crippen molar-refractivity contribution in [3.63, 3.8) is 0 Å². The van der Waals surface area contributed by atoms with Crippen molar-refractivity contribution in [2.24, 2.45) is 11.7 Å². The summed E-state index contributed by atoms with van der Waals surface area (Å²) in [5.74, 6) is 0.672.